The van der Waals surface area contributed by atoms with Gasteiger partial charge in [0, 0.05) is 23.7 Å². The molecular weight excluding hydrogens is 328 g/mol. The van der Waals surface area contributed by atoms with Crippen LogP contribution in [0.3, 0.4) is 0 Å². The second-order valence-corrected chi connectivity index (χ2v) is 6.22. The van der Waals surface area contributed by atoms with E-state index in [0.29, 0.717) is 11.3 Å². The van der Waals surface area contributed by atoms with Crippen molar-refractivity contribution in [1.82, 2.24) is 5.32 Å². The van der Waals surface area contributed by atoms with E-state index >= 15 is 0 Å². The Morgan fingerprint density at radius 3 is 2.08 bits per heavy atom. The summed E-state index contributed by atoms with van der Waals surface area (Å²) < 4.78 is 0. The highest BCUT2D eigenvalue weighted by atomic mass is 16.2. The molecule has 0 aromatic heterocycles. The average molecular weight is 352 g/mol. The van der Waals surface area contributed by atoms with Gasteiger partial charge in [0.25, 0.3) is 0 Å². The van der Waals surface area contributed by atoms with Crippen molar-refractivity contribution >= 4 is 23.3 Å². The molecule has 0 fully saturated rings. The molecule has 0 heterocycles. The van der Waals surface area contributed by atoms with Crippen molar-refractivity contribution in [3.05, 3.63) is 66.2 Å². The highest BCUT2D eigenvalue weighted by molar-refractivity contribution is 6.15. The maximum absolute atomic E-state index is 12.8. The molecule has 0 saturated heterocycles. The molecule has 2 aromatic rings. The number of hydrogen-bond acceptors (Lipinski definition) is 3. The van der Waals surface area contributed by atoms with Gasteiger partial charge in [0.05, 0.1) is 0 Å². The first kappa shape index (κ1) is 19.4. The number of hydrogen-bond donors (Lipinski definition) is 2. The Morgan fingerprint density at radius 1 is 0.923 bits per heavy atom. The number of ketones is 1. The number of carbonyl (C=O) groups excluding carboxylic acids is 3. The molecule has 0 spiro atoms. The van der Waals surface area contributed by atoms with E-state index in [1.165, 1.54) is 0 Å². The number of nitrogens with one attached hydrogen (secondary N) is 2. The van der Waals surface area contributed by atoms with Crippen molar-refractivity contribution in [2.45, 2.75) is 32.7 Å². The van der Waals surface area contributed by atoms with Gasteiger partial charge < -0.3 is 10.6 Å². The van der Waals surface area contributed by atoms with Gasteiger partial charge in [-0.25, -0.2) is 0 Å². The van der Waals surface area contributed by atoms with E-state index in [4.69, 9.17) is 0 Å². The number of benzene rings is 2. The van der Waals surface area contributed by atoms with Gasteiger partial charge >= 0.3 is 0 Å². The van der Waals surface area contributed by atoms with Crippen LogP contribution in [0.25, 0.3) is 0 Å². The second-order valence-electron chi connectivity index (χ2n) is 6.22. The molecule has 0 aliphatic rings. The van der Waals surface area contributed by atoms with Gasteiger partial charge in [0.1, 0.15) is 5.92 Å². The fraction of sp³-hybridized carbons (Fsp3) is 0.286. The molecule has 0 unspecified atom stereocenters. The molecule has 5 nitrogen and oxygen atoms in total. The van der Waals surface area contributed by atoms with Crippen LogP contribution in [0.15, 0.2) is 60.7 Å². The predicted octanol–water partition coefficient (Wildman–Crippen LogP) is 3.43. The van der Waals surface area contributed by atoms with Gasteiger partial charge in [-0.1, -0.05) is 55.5 Å². The van der Waals surface area contributed by atoms with E-state index in [2.05, 4.69) is 10.6 Å². The topological polar surface area (TPSA) is 75.3 Å². The van der Waals surface area contributed by atoms with E-state index in [1.54, 1.807) is 54.6 Å². The van der Waals surface area contributed by atoms with Crippen molar-refractivity contribution in [2.75, 3.05) is 5.32 Å². The van der Waals surface area contributed by atoms with E-state index in [0.717, 1.165) is 6.42 Å². The van der Waals surface area contributed by atoms with Crippen LogP contribution in [0.5, 0.6) is 0 Å². The summed E-state index contributed by atoms with van der Waals surface area (Å²) in [5.41, 5.74) is 1.00. The van der Waals surface area contributed by atoms with Crippen molar-refractivity contribution in [1.29, 1.82) is 0 Å². The summed E-state index contributed by atoms with van der Waals surface area (Å²) in [5.74, 6) is -2.24. The lowest BCUT2D eigenvalue weighted by atomic mass is 9.93. The van der Waals surface area contributed by atoms with Gasteiger partial charge in [-0.2, -0.15) is 0 Å². The smallest absolute Gasteiger partial charge is 0.235 e. The zero-order chi connectivity index (χ0) is 18.9. The molecule has 2 atom stereocenters. The SMILES string of the molecule is CC[C@@H](C)NC(=O)C[C@@H](C(=O)Nc1ccccc1)C(=O)c1ccccc1. The van der Waals surface area contributed by atoms with Gasteiger partial charge in [-0.15, -0.1) is 0 Å². The van der Waals surface area contributed by atoms with Crippen LogP contribution in [0, 0.1) is 5.92 Å². The lowest BCUT2D eigenvalue weighted by Gasteiger charge is -2.18. The Morgan fingerprint density at radius 2 is 1.50 bits per heavy atom. The Labute approximate surface area is 153 Å². The quantitative estimate of drug-likeness (QED) is 0.564. The van der Waals surface area contributed by atoms with E-state index in [1.807, 2.05) is 19.9 Å². The molecule has 0 bridgehead atoms. The standard InChI is InChI=1S/C21H24N2O3/c1-3-15(2)22-19(24)14-18(20(25)16-10-6-4-7-11-16)21(26)23-17-12-8-5-9-13-17/h4-13,15,18H,3,14H2,1-2H3,(H,22,24)(H,23,26)/t15-,18-/m1/s1. The molecule has 2 N–H and O–H groups in total. The number of rotatable bonds is 8. The fourth-order valence-electron chi connectivity index (χ4n) is 2.48. The maximum atomic E-state index is 12.8. The minimum atomic E-state index is -1.08. The van der Waals surface area contributed by atoms with Crippen LogP contribution < -0.4 is 10.6 Å². The number of anilines is 1. The number of para-hydroxylation sites is 1. The zero-order valence-corrected chi connectivity index (χ0v) is 15.1. The third-order valence-corrected chi connectivity index (χ3v) is 4.14. The molecule has 0 radical (unpaired) electrons. The third-order valence-electron chi connectivity index (χ3n) is 4.14. The molecule has 0 saturated carbocycles. The van der Waals surface area contributed by atoms with Gasteiger partial charge in [0.2, 0.25) is 11.8 Å². The van der Waals surface area contributed by atoms with Gasteiger partial charge in [-0.3, -0.25) is 14.4 Å². The highest BCUT2D eigenvalue weighted by Gasteiger charge is 2.30. The largest absolute Gasteiger partial charge is 0.354 e. The van der Waals surface area contributed by atoms with Crippen LogP contribution in [0.4, 0.5) is 5.69 Å². The Bertz CT molecular complexity index is 744. The van der Waals surface area contributed by atoms with Crippen molar-refractivity contribution < 1.29 is 14.4 Å². The summed E-state index contributed by atoms with van der Waals surface area (Å²) in [6, 6.07) is 17.5. The Hall–Kier alpha value is -2.95. The molecular formula is C21H24N2O3. The minimum Gasteiger partial charge on any atom is -0.354 e. The van der Waals surface area contributed by atoms with Crippen LogP contribution >= 0.6 is 0 Å². The number of carbonyl (C=O) groups is 3. The Balaban J connectivity index is 2.18. The third kappa shape index (κ3) is 5.55. The molecule has 2 aromatic carbocycles. The summed E-state index contributed by atoms with van der Waals surface area (Å²) in [5, 5.41) is 5.54. The van der Waals surface area contributed by atoms with Gasteiger partial charge in [-0.05, 0) is 25.5 Å². The first-order valence-corrected chi connectivity index (χ1v) is 8.75. The van der Waals surface area contributed by atoms with E-state index < -0.39 is 11.8 Å². The first-order chi connectivity index (χ1) is 12.5. The van der Waals surface area contributed by atoms with Crippen molar-refractivity contribution in [3.8, 4) is 0 Å². The molecule has 2 rings (SSSR count). The predicted molar refractivity (Wildman–Crippen MR) is 102 cm³/mol. The molecule has 2 amide bonds. The number of Topliss-reactive ketones (excluding diaryl/α,β-unsaturated/α-hetero) is 1. The number of amides is 2. The Kier molecular flexibility index (Phi) is 7.09. The minimum absolute atomic E-state index is 0.00726. The maximum Gasteiger partial charge on any atom is 0.235 e. The summed E-state index contributed by atoms with van der Waals surface area (Å²) >= 11 is 0. The second kappa shape index (κ2) is 9.51. The fourth-order valence-corrected chi connectivity index (χ4v) is 2.48. The van der Waals surface area contributed by atoms with Crippen LogP contribution in [-0.4, -0.2) is 23.6 Å². The molecule has 0 aliphatic carbocycles. The highest BCUT2D eigenvalue weighted by Crippen LogP contribution is 2.16. The lowest BCUT2D eigenvalue weighted by Crippen LogP contribution is -2.38. The van der Waals surface area contributed by atoms with Crippen LogP contribution in [-0.2, 0) is 9.59 Å². The monoisotopic (exact) mass is 352 g/mol. The first-order valence-electron chi connectivity index (χ1n) is 8.75. The summed E-state index contributed by atoms with van der Waals surface area (Å²) in [6.07, 6.45) is 0.593. The summed E-state index contributed by atoms with van der Waals surface area (Å²) in [6.45, 7) is 3.84. The average Bonchev–Trinajstić information content (AvgIpc) is 2.66. The van der Waals surface area contributed by atoms with Gasteiger partial charge in [0.15, 0.2) is 5.78 Å². The van der Waals surface area contributed by atoms with Crippen LogP contribution in [0.2, 0.25) is 0 Å². The summed E-state index contributed by atoms with van der Waals surface area (Å²) in [4.78, 5) is 37.8. The summed E-state index contributed by atoms with van der Waals surface area (Å²) in [7, 11) is 0. The normalized spacial score (nSPS) is 12.7. The van der Waals surface area contributed by atoms with E-state index in [-0.39, 0.29) is 24.2 Å². The molecule has 0 aliphatic heterocycles. The molecule has 5 heteroatoms. The lowest BCUT2D eigenvalue weighted by molar-refractivity contribution is -0.126. The van der Waals surface area contributed by atoms with Crippen molar-refractivity contribution in [2.24, 2.45) is 5.92 Å². The van der Waals surface area contributed by atoms with Crippen LogP contribution in [0.1, 0.15) is 37.0 Å². The molecule has 136 valence electrons. The van der Waals surface area contributed by atoms with Crippen molar-refractivity contribution in [3.63, 3.8) is 0 Å². The molecule has 26 heavy (non-hydrogen) atoms. The van der Waals surface area contributed by atoms with E-state index in [9.17, 15) is 14.4 Å². The zero-order valence-electron chi connectivity index (χ0n) is 15.1.